The Balaban J connectivity index is 1.80. The second-order valence-electron chi connectivity index (χ2n) is 5.18. The maximum Gasteiger partial charge on any atom is 0.262 e. The Labute approximate surface area is 134 Å². The Bertz CT molecular complexity index is 710. The minimum Gasteiger partial charge on any atom is -0.497 e. The standard InChI is InChI=1S/C15H18N2O5S/c1-22-13-5-2-11(3-6-13)4-7-14(18)16-17-15(19)12-8-9-23(20,21)10-12/h2-7,12H,8-10H2,1H3,(H,16,18)(H,17,19)/b7-4+/t12-/m1/s1. The highest BCUT2D eigenvalue weighted by molar-refractivity contribution is 7.91. The van der Waals surface area contributed by atoms with Crippen LogP contribution in [0.3, 0.4) is 0 Å². The van der Waals surface area contributed by atoms with E-state index in [4.69, 9.17) is 4.74 Å². The average Bonchev–Trinajstić information content (AvgIpc) is 2.91. The smallest absolute Gasteiger partial charge is 0.262 e. The van der Waals surface area contributed by atoms with Crippen LogP contribution < -0.4 is 15.6 Å². The van der Waals surface area contributed by atoms with Gasteiger partial charge in [0.1, 0.15) is 5.75 Å². The average molecular weight is 338 g/mol. The number of nitrogens with one attached hydrogen (secondary N) is 2. The van der Waals surface area contributed by atoms with Crippen molar-refractivity contribution in [2.75, 3.05) is 18.6 Å². The maximum atomic E-state index is 11.8. The lowest BCUT2D eigenvalue weighted by atomic mass is 10.1. The van der Waals surface area contributed by atoms with E-state index in [0.29, 0.717) is 5.75 Å². The molecule has 0 spiro atoms. The van der Waals surface area contributed by atoms with Crippen LogP contribution in [0.1, 0.15) is 12.0 Å². The predicted molar refractivity (Wildman–Crippen MR) is 85.1 cm³/mol. The zero-order valence-corrected chi connectivity index (χ0v) is 13.4. The Morgan fingerprint density at radius 1 is 1.22 bits per heavy atom. The first kappa shape index (κ1) is 17.0. The first-order valence-corrected chi connectivity index (χ1v) is 8.84. The Kier molecular flexibility index (Phi) is 5.38. The van der Waals surface area contributed by atoms with E-state index in [1.165, 1.54) is 6.08 Å². The van der Waals surface area contributed by atoms with Gasteiger partial charge in [-0.15, -0.1) is 0 Å². The number of ether oxygens (including phenoxy) is 1. The van der Waals surface area contributed by atoms with Crippen LogP contribution in [0.4, 0.5) is 0 Å². The topological polar surface area (TPSA) is 102 Å². The zero-order valence-electron chi connectivity index (χ0n) is 12.6. The van der Waals surface area contributed by atoms with E-state index < -0.39 is 27.6 Å². The summed E-state index contributed by atoms with van der Waals surface area (Å²) in [4.78, 5) is 23.4. The molecule has 0 radical (unpaired) electrons. The summed E-state index contributed by atoms with van der Waals surface area (Å²) in [6, 6.07) is 7.09. The number of hydrogen-bond donors (Lipinski definition) is 2. The first-order chi connectivity index (χ1) is 10.9. The van der Waals surface area contributed by atoms with Crippen molar-refractivity contribution in [2.45, 2.75) is 6.42 Å². The molecule has 1 heterocycles. The summed E-state index contributed by atoms with van der Waals surface area (Å²) >= 11 is 0. The van der Waals surface area contributed by atoms with E-state index in [9.17, 15) is 18.0 Å². The van der Waals surface area contributed by atoms with Crippen molar-refractivity contribution in [3.8, 4) is 5.75 Å². The summed E-state index contributed by atoms with van der Waals surface area (Å²) in [5.74, 6) is -1.05. The molecule has 2 rings (SSSR count). The number of sulfone groups is 1. The molecule has 0 saturated carbocycles. The number of carbonyl (C=O) groups excluding carboxylic acids is 2. The first-order valence-electron chi connectivity index (χ1n) is 7.02. The van der Waals surface area contributed by atoms with Gasteiger partial charge in [0.15, 0.2) is 9.84 Å². The summed E-state index contributed by atoms with van der Waals surface area (Å²) in [5, 5.41) is 0. The van der Waals surface area contributed by atoms with Crippen LogP contribution in [-0.4, -0.2) is 38.8 Å². The molecule has 1 aliphatic rings. The normalized spacial score (nSPS) is 19.4. The summed E-state index contributed by atoms with van der Waals surface area (Å²) in [6.07, 6.45) is 3.14. The van der Waals surface area contributed by atoms with Crippen LogP contribution >= 0.6 is 0 Å². The van der Waals surface area contributed by atoms with Gasteiger partial charge < -0.3 is 4.74 Å². The second kappa shape index (κ2) is 7.28. The Morgan fingerprint density at radius 2 is 1.91 bits per heavy atom. The molecule has 2 N–H and O–H groups in total. The van der Waals surface area contributed by atoms with E-state index >= 15 is 0 Å². The lowest BCUT2D eigenvalue weighted by molar-refractivity contribution is -0.129. The van der Waals surface area contributed by atoms with Crippen molar-refractivity contribution in [3.63, 3.8) is 0 Å². The predicted octanol–water partition coefficient (Wildman–Crippen LogP) is 0.291. The molecule has 1 fully saturated rings. The van der Waals surface area contributed by atoms with Gasteiger partial charge in [0.25, 0.3) is 5.91 Å². The number of methoxy groups -OCH3 is 1. The summed E-state index contributed by atoms with van der Waals surface area (Å²) in [5.41, 5.74) is 5.28. The van der Waals surface area contributed by atoms with Crippen molar-refractivity contribution in [1.29, 1.82) is 0 Å². The molecule has 1 atom stereocenters. The van der Waals surface area contributed by atoms with Gasteiger partial charge >= 0.3 is 0 Å². The van der Waals surface area contributed by atoms with Crippen LogP contribution in [0.25, 0.3) is 6.08 Å². The minimum absolute atomic E-state index is 0.0103. The zero-order chi connectivity index (χ0) is 16.9. The molecule has 23 heavy (non-hydrogen) atoms. The molecule has 1 aromatic carbocycles. The number of amides is 2. The molecular formula is C15H18N2O5S. The number of rotatable bonds is 4. The maximum absolute atomic E-state index is 11.8. The van der Waals surface area contributed by atoms with E-state index in [0.717, 1.165) is 5.56 Å². The molecule has 0 aromatic heterocycles. The third-order valence-electron chi connectivity index (χ3n) is 3.46. The van der Waals surface area contributed by atoms with Gasteiger partial charge in [-0.25, -0.2) is 8.42 Å². The fourth-order valence-corrected chi connectivity index (χ4v) is 3.90. The SMILES string of the molecule is COc1ccc(/C=C/C(=O)NNC(=O)[C@@H]2CCS(=O)(=O)C2)cc1. The van der Waals surface area contributed by atoms with Gasteiger partial charge in [0.05, 0.1) is 24.5 Å². The Hall–Kier alpha value is -2.35. The van der Waals surface area contributed by atoms with E-state index in [-0.39, 0.29) is 17.9 Å². The summed E-state index contributed by atoms with van der Waals surface area (Å²) < 4.78 is 27.6. The highest BCUT2D eigenvalue weighted by Gasteiger charge is 2.32. The van der Waals surface area contributed by atoms with E-state index in [2.05, 4.69) is 10.9 Å². The number of hydrazine groups is 1. The van der Waals surface area contributed by atoms with Crippen molar-refractivity contribution in [3.05, 3.63) is 35.9 Å². The largest absolute Gasteiger partial charge is 0.497 e. The molecular weight excluding hydrogens is 320 g/mol. The second-order valence-corrected chi connectivity index (χ2v) is 7.41. The van der Waals surface area contributed by atoms with E-state index in [1.807, 2.05) is 0 Å². The van der Waals surface area contributed by atoms with Crippen molar-refractivity contribution >= 4 is 27.7 Å². The van der Waals surface area contributed by atoms with Crippen molar-refractivity contribution < 1.29 is 22.7 Å². The summed E-state index contributed by atoms with van der Waals surface area (Å²) in [6.45, 7) is 0. The van der Waals surface area contributed by atoms with Crippen LogP contribution in [0.2, 0.25) is 0 Å². The molecule has 1 aliphatic heterocycles. The van der Waals surface area contributed by atoms with Gasteiger partial charge in [-0.2, -0.15) is 0 Å². The molecule has 1 saturated heterocycles. The quantitative estimate of drug-likeness (QED) is 0.607. The fourth-order valence-electron chi connectivity index (χ4n) is 2.16. The molecule has 2 amide bonds. The van der Waals surface area contributed by atoms with E-state index in [1.54, 1.807) is 37.5 Å². The highest BCUT2D eigenvalue weighted by Crippen LogP contribution is 2.18. The molecule has 0 unspecified atom stereocenters. The lowest BCUT2D eigenvalue weighted by Crippen LogP contribution is -2.44. The number of benzene rings is 1. The van der Waals surface area contributed by atoms with Crippen LogP contribution in [0.5, 0.6) is 5.75 Å². The minimum atomic E-state index is -3.13. The highest BCUT2D eigenvalue weighted by atomic mass is 32.2. The van der Waals surface area contributed by atoms with Crippen molar-refractivity contribution in [1.82, 2.24) is 10.9 Å². The summed E-state index contributed by atoms with van der Waals surface area (Å²) in [7, 11) is -1.56. The molecule has 7 nitrogen and oxygen atoms in total. The fraction of sp³-hybridized carbons (Fsp3) is 0.333. The Morgan fingerprint density at radius 3 is 2.48 bits per heavy atom. The van der Waals surface area contributed by atoms with Gasteiger partial charge in [0, 0.05) is 6.08 Å². The lowest BCUT2D eigenvalue weighted by Gasteiger charge is -2.09. The third-order valence-corrected chi connectivity index (χ3v) is 5.22. The number of hydrogen-bond acceptors (Lipinski definition) is 5. The van der Waals surface area contributed by atoms with Gasteiger partial charge in [-0.3, -0.25) is 20.4 Å². The number of carbonyl (C=O) groups is 2. The molecule has 124 valence electrons. The third kappa shape index (κ3) is 5.10. The van der Waals surface area contributed by atoms with Gasteiger partial charge in [-0.05, 0) is 30.2 Å². The molecule has 0 bridgehead atoms. The van der Waals surface area contributed by atoms with Gasteiger partial charge in [0.2, 0.25) is 5.91 Å². The van der Waals surface area contributed by atoms with Crippen LogP contribution in [0, 0.1) is 5.92 Å². The van der Waals surface area contributed by atoms with Crippen LogP contribution in [0.15, 0.2) is 30.3 Å². The van der Waals surface area contributed by atoms with Gasteiger partial charge in [-0.1, -0.05) is 12.1 Å². The molecule has 1 aromatic rings. The van der Waals surface area contributed by atoms with Crippen LogP contribution in [-0.2, 0) is 19.4 Å². The molecule has 0 aliphatic carbocycles. The molecule has 8 heteroatoms. The monoisotopic (exact) mass is 338 g/mol. The van der Waals surface area contributed by atoms with Crippen molar-refractivity contribution in [2.24, 2.45) is 5.92 Å².